The van der Waals surface area contributed by atoms with Crippen LogP contribution in [0.5, 0.6) is 0 Å². The van der Waals surface area contributed by atoms with Gasteiger partial charge in [-0.2, -0.15) is 0 Å². The Bertz CT molecular complexity index is 325. The van der Waals surface area contributed by atoms with Gasteiger partial charge in [-0.3, -0.25) is 10.4 Å². The number of carboxylic acids is 1. The molecule has 6 heteroatoms. The minimum absolute atomic E-state index is 0.117. The van der Waals surface area contributed by atoms with Gasteiger partial charge >= 0.3 is 5.97 Å². The molecule has 0 spiro atoms. The van der Waals surface area contributed by atoms with Crippen LogP contribution in [0.25, 0.3) is 0 Å². The molecule has 0 aliphatic heterocycles. The van der Waals surface area contributed by atoms with Gasteiger partial charge in [0.15, 0.2) is 0 Å². The molecule has 0 atom stereocenters. The van der Waals surface area contributed by atoms with Gasteiger partial charge in [0.2, 0.25) is 0 Å². The number of benzene rings is 1. The Balaban J connectivity index is 2.69. The second-order valence-corrected chi connectivity index (χ2v) is 2.53. The largest absolute Gasteiger partial charge is 0.478 e. The maximum Gasteiger partial charge on any atom is 0.335 e. The van der Waals surface area contributed by atoms with Crippen LogP contribution in [-0.2, 0) is 11.4 Å². The van der Waals surface area contributed by atoms with Crippen molar-refractivity contribution in [1.29, 1.82) is 0 Å². The molecule has 0 saturated carbocycles. The predicted molar refractivity (Wildman–Crippen MR) is 43.6 cm³/mol. The van der Waals surface area contributed by atoms with E-state index in [0.29, 0.717) is 5.56 Å². The third kappa shape index (κ3) is 3.11. The van der Waals surface area contributed by atoms with Crippen LogP contribution < -0.4 is 0 Å². The van der Waals surface area contributed by atoms with E-state index in [0.717, 1.165) is 0 Å². The zero-order valence-electron chi connectivity index (χ0n) is 7.12. The Morgan fingerprint density at radius 3 is 2.71 bits per heavy atom. The fourth-order valence-electron chi connectivity index (χ4n) is 0.926. The maximum atomic E-state index is 10.5. The molecule has 3 N–H and O–H groups in total. The topological polar surface area (TPSA) is 90.2 Å². The SMILES string of the molecule is O=C(O)c1cccc(CON(O)O)c1. The van der Waals surface area contributed by atoms with Crippen molar-refractivity contribution in [2.45, 2.75) is 6.61 Å². The Kier molecular flexibility index (Phi) is 3.55. The summed E-state index contributed by atoms with van der Waals surface area (Å²) in [6.07, 6.45) is 0. The first-order valence-electron chi connectivity index (χ1n) is 3.72. The molecule has 0 fully saturated rings. The van der Waals surface area contributed by atoms with Crippen molar-refractivity contribution in [3.8, 4) is 0 Å². The van der Waals surface area contributed by atoms with E-state index < -0.39 is 11.4 Å². The summed E-state index contributed by atoms with van der Waals surface area (Å²) in [5, 5.41) is 24.7. The van der Waals surface area contributed by atoms with Gasteiger partial charge in [0.1, 0.15) is 0 Å². The lowest BCUT2D eigenvalue weighted by molar-refractivity contribution is -0.497. The minimum atomic E-state index is -1.04. The zero-order chi connectivity index (χ0) is 10.6. The van der Waals surface area contributed by atoms with E-state index in [1.54, 1.807) is 12.1 Å². The summed E-state index contributed by atoms with van der Waals surface area (Å²) in [7, 11) is 0. The van der Waals surface area contributed by atoms with Gasteiger partial charge < -0.3 is 5.11 Å². The van der Waals surface area contributed by atoms with Crippen LogP contribution >= 0.6 is 0 Å². The number of rotatable bonds is 4. The van der Waals surface area contributed by atoms with Crippen LogP contribution in [0, 0.1) is 0 Å². The standard InChI is InChI=1S/C8H9NO5/c10-8(11)7-3-1-2-6(4-7)5-14-9(12)13/h1-4,12-13H,5H2,(H,10,11). The lowest BCUT2D eigenvalue weighted by Gasteiger charge is -2.06. The second kappa shape index (κ2) is 4.68. The third-order valence-electron chi connectivity index (χ3n) is 1.52. The van der Waals surface area contributed by atoms with Crippen molar-refractivity contribution in [3.63, 3.8) is 0 Å². The molecule has 0 aliphatic rings. The van der Waals surface area contributed by atoms with Crippen molar-refractivity contribution in [3.05, 3.63) is 35.4 Å². The number of nitrogens with zero attached hydrogens (tertiary/aromatic N) is 1. The monoisotopic (exact) mass is 199 g/mol. The first-order valence-corrected chi connectivity index (χ1v) is 3.72. The van der Waals surface area contributed by atoms with Crippen LogP contribution in [0.2, 0.25) is 0 Å². The van der Waals surface area contributed by atoms with Crippen LogP contribution in [0.1, 0.15) is 15.9 Å². The quantitative estimate of drug-likeness (QED) is 0.624. The molecular formula is C8H9NO5. The van der Waals surface area contributed by atoms with Crippen molar-refractivity contribution in [2.24, 2.45) is 0 Å². The third-order valence-corrected chi connectivity index (χ3v) is 1.52. The summed E-state index contributed by atoms with van der Waals surface area (Å²) < 4.78 is 0. The van der Waals surface area contributed by atoms with E-state index in [2.05, 4.69) is 4.84 Å². The van der Waals surface area contributed by atoms with Gasteiger partial charge in [-0.25, -0.2) is 9.63 Å². The van der Waals surface area contributed by atoms with E-state index in [1.165, 1.54) is 12.1 Å². The van der Waals surface area contributed by atoms with Crippen molar-refractivity contribution < 1.29 is 25.2 Å². The Morgan fingerprint density at radius 1 is 1.43 bits per heavy atom. The smallest absolute Gasteiger partial charge is 0.335 e. The van der Waals surface area contributed by atoms with E-state index in [4.69, 9.17) is 15.5 Å². The van der Waals surface area contributed by atoms with Crippen LogP contribution in [0.4, 0.5) is 0 Å². The first kappa shape index (κ1) is 10.6. The molecule has 0 radical (unpaired) electrons. The van der Waals surface area contributed by atoms with Crippen LogP contribution in [-0.4, -0.2) is 26.9 Å². The van der Waals surface area contributed by atoms with E-state index >= 15 is 0 Å². The fourth-order valence-corrected chi connectivity index (χ4v) is 0.926. The molecule has 0 amide bonds. The summed E-state index contributed by atoms with van der Waals surface area (Å²) >= 11 is 0. The number of aromatic carboxylic acids is 1. The summed E-state index contributed by atoms with van der Waals surface area (Å²) in [5.41, 5.74) is 0.645. The lowest BCUT2D eigenvalue weighted by Crippen LogP contribution is -2.14. The Morgan fingerprint density at radius 2 is 2.14 bits per heavy atom. The molecule has 1 aromatic carbocycles. The zero-order valence-corrected chi connectivity index (χ0v) is 7.12. The molecular weight excluding hydrogens is 190 g/mol. The average molecular weight is 199 g/mol. The molecule has 0 saturated heterocycles. The Hall–Kier alpha value is -1.47. The number of carbonyl (C=O) groups is 1. The number of hydrogen-bond acceptors (Lipinski definition) is 5. The van der Waals surface area contributed by atoms with Crippen molar-refractivity contribution >= 4 is 5.97 Å². The molecule has 1 aromatic rings. The van der Waals surface area contributed by atoms with E-state index in [9.17, 15) is 4.79 Å². The highest BCUT2D eigenvalue weighted by Gasteiger charge is 2.03. The van der Waals surface area contributed by atoms with Gasteiger partial charge in [-0.15, -0.1) is 0 Å². The van der Waals surface area contributed by atoms with Crippen LogP contribution in [0.3, 0.4) is 0 Å². The Labute approximate surface area is 79.4 Å². The van der Waals surface area contributed by atoms with Gasteiger partial charge in [-0.05, 0) is 17.7 Å². The van der Waals surface area contributed by atoms with E-state index in [1.807, 2.05) is 0 Å². The fraction of sp³-hybridized carbons (Fsp3) is 0.125. The highest BCUT2D eigenvalue weighted by Crippen LogP contribution is 2.06. The molecule has 1 rings (SSSR count). The van der Waals surface area contributed by atoms with Gasteiger partial charge in [0, 0.05) is 0 Å². The molecule has 0 bridgehead atoms. The minimum Gasteiger partial charge on any atom is -0.478 e. The summed E-state index contributed by atoms with van der Waals surface area (Å²) in [6.45, 7) is -0.117. The molecule has 0 heterocycles. The maximum absolute atomic E-state index is 10.5. The average Bonchev–Trinajstić information content (AvgIpc) is 2.15. The van der Waals surface area contributed by atoms with Crippen LogP contribution in [0.15, 0.2) is 24.3 Å². The number of hydrogen-bond donors (Lipinski definition) is 3. The van der Waals surface area contributed by atoms with Crippen molar-refractivity contribution in [1.82, 2.24) is 5.39 Å². The molecule has 0 unspecified atom stereocenters. The van der Waals surface area contributed by atoms with E-state index in [-0.39, 0.29) is 12.2 Å². The molecule has 76 valence electrons. The van der Waals surface area contributed by atoms with Gasteiger partial charge in [-0.1, -0.05) is 12.1 Å². The highest BCUT2D eigenvalue weighted by atomic mass is 17.1. The van der Waals surface area contributed by atoms with Crippen molar-refractivity contribution in [2.75, 3.05) is 0 Å². The van der Waals surface area contributed by atoms with Gasteiger partial charge in [0.05, 0.1) is 17.6 Å². The molecule has 14 heavy (non-hydrogen) atoms. The molecule has 0 aromatic heterocycles. The predicted octanol–water partition coefficient (Wildman–Crippen LogP) is 0.897. The summed E-state index contributed by atoms with van der Waals surface area (Å²) in [6, 6.07) is 5.96. The summed E-state index contributed by atoms with van der Waals surface area (Å²) in [4.78, 5) is 14.9. The normalized spacial score (nSPS) is 10.5. The second-order valence-electron chi connectivity index (χ2n) is 2.53. The molecule has 0 aliphatic carbocycles. The summed E-state index contributed by atoms with van der Waals surface area (Å²) in [5.74, 6) is -1.04. The highest BCUT2D eigenvalue weighted by molar-refractivity contribution is 5.87. The first-order chi connectivity index (χ1) is 6.59. The molecule has 6 nitrogen and oxygen atoms in total. The van der Waals surface area contributed by atoms with Gasteiger partial charge in [0.25, 0.3) is 0 Å². The lowest BCUT2D eigenvalue weighted by atomic mass is 10.1. The number of carboxylic acid groups (broad SMARTS) is 1.